The number of nitrogens with zero attached hydrogens (tertiary/aromatic N) is 2. The van der Waals surface area contributed by atoms with Crippen LogP contribution in [0.3, 0.4) is 0 Å². The van der Waals surface area contributed by atoms with Crippen molar-refractivity contribution in [2.75, 3.05) is 17.2 Å². The van der Waals surface area contributed by atoms with Crippen LogP contribution >= 0.6 is 0 Å². The Kier molecular flexibility index (Phi) is 5.03. The molecule has 0 unspecified atom stereocenters. The minimum atomic E-state index is -0.848. The SMILES string of the molecule is CCCNc1ncnc(NCc2ccc(F)c(F)c2)c1C. The zero-order valence-corrected chi connectivity index (χ0v) is 12.1. The summed E-state index contributed by atoms with van der Waals surface area (Å²) in [6, 6.07) is 3.83. The normalized spacial score (nSPS) is 10.5. The number of benzene rings is 1. The smallest absolute Gasteiger partial charge is 0.159 e. The standard InChI is InChI=1S/C15H18F2N4/c1-3-6-18-14-10(2)15(21-9-20-14)19-8-11-4-5-12(16)13(17)7-11/h4-5,7,9H,3,6,8H2,1-2H3,(H2,18,19,20,21). The van der Waals surface area contributed by atoms with Gasteiger partial charge in [-0.2, -0.15) is 0 Å². The van der Waals surface area contributed by atoms with Gasteiger partial charge in [-0.1, -0.05) is 13.0 Å². The van der Waals surface area contributed by atoms with Crippen LogP contribution in [0.5, 0.6) is 0 Å². The Bertz CT molecular complexity index is 617. The molecule has 1 heterocycles. The Labute approximate surface area is 122 Å². The van der Waals surface area contributed by atoms with Crippen LogP contribution in [0.4, 0.5) is 20.4 Å². The summed E-state index contributed by atoms with van der Waals surface area (Å²) >= 11 is 0. The van der Waals surface area contributed by atoms with E-state index in [9.17, 15) is 8.78 Å². The minimum absolute atomic E-state index is 0.363. The van der Waals surface area contributed by atoms with E-state index in [2.05, 4.69) is 27.5 Å². The quantitative estimate of drug-likeness (QED) is 0.855. The van der Waals surface area contributed by atoms with Crippen molar-refractivity contribution >= 4 is 11.6 Å². The lowest BCUT2D eigenvalue weighted by molar-refractivity contribution is 0.507. The Morgan fingerprint density at radius 3 is 2.43 bits per heavy atom. The zero-order chi connectivity index (χ0) is 15.2. The Hall–Kier alpha value is -2.24. The first-order valence-electron chi connectivity index (χ1n) is 6.85. The van der Waals surface area contributed by atoms with E-state index in [4.69, 9.17) is 0 Å². The molecule has 2 N–H and O–H groups in total. The highest BCUT2D eigenvalue weighted by Gasteiger charge is 2.07. The Balaban J connectivity index is 2.07. The first-order valence-corrected chi connectivity index (χ1v) is 6.85. The predicted molar refractivity (Wildman–Crippen MR) is 79.2 cm³/mol. The van der Waals surface area contributed by atoms with Gasteiger partial charge in [0.2, 0.25) is 0 Å². The second-order valence-corrected chi connectivity index (χ2v) is 4.72. The molecule has 21 heavy (non-hydrogen) atoms. The summed E-state index contributed by atoms with van der Waals surface area (Å²) < 4.78 is 26.0. The molecule has 0 fully saturated rings. The van der Waals surface area contributed by atoms with Gasteiger partial charge in [0.15, 0.2) is 11.6 Å². The molecule has 0 saturated heterocycles. The van der Waals surface area contributed by atoms with Crippen molar-refractivity contribution in [3.8, 4) is 0 Å². The van der Waals surface area contributed by atoms with Crippen LogP contribution < -0.4 is 10.6 Å². The van der Waals surface area contributed by atoms with Gasteiger partial charge >= 0.3 is 0 Å². The van der Waals surface area contributed by atoms with Crippen molar-refractivity contribution in [1.82, 2.24) is 9.97 Å². The fourth-order valence-corrected chi connectivity index (χ4v) is 1.89. The molecule has 0 bridgehead atoms. The van der Waals surface area contributed by atoms with Crippen molar-refractivity contribution in [2.24, 2.45) is 0 Å². The predicted octanol–water partition coefficient (Wildman–Crippen LogP) is 3.50. The molecule has 0 amide bonds. The van der Waals surface area contributed by atoms with Gasteiger partial charge in [0.1, 0.15) is 18.0 Å². The molecule has 4 nitrogen and oxygen atoms in total. The fraction of sp³-hybridized carbons (Fsp3) is 0.333. The van der Waals surface area contributed by atoms with Crippen molar-refractivity contribution in [3.63, 3.8) is 0 Å². The van der Waals surface area contributed by atoms with Gasteiger partial charge in [-0.3, -0.25) is 0 Å². The van der Waals surface area contributed by atoms with Crippen LogP contribution in [0.15, 0.2) is 24.5 Å². The number of hydrogen-bond donors (Lipinski definition) is 2. The Morgan fingerprint density at radius 1 is 1.05 bits per heavy atom. The van der Waals surface area contributed by atoms with Crippen molar-refractivity contribution in [1.29, 1.82) is 0 Å². The molecule has 112 valence electrons. The fourth-order valence-electron chi connectivity index (χ4n) is 1.89. The molecular formula is C15H18F2N4. The average molecular weight is 292 g/mol. The first-order chi connectivity index (χ1) is 10.1. The van der Waals surface area contributed by atoms with Crippen molar-refractivity contribution in [3.05, 3.63) is 47.3 Å². The van der Waals surface area contributed by atoms with E-state index in [0.29, 0.717) is 17.9 Å². The molecule has 0 spiro atoms. The van der Waals surface area contributed by atoms with Crippen LogP contribution in [0.1, 0.15) is 24.5 Å². The number of rotatable bonds is 6. The number of halogens is 2. The maximum Gasteiger partial charge on any atom is 0.159 e. The van der Waals surface area contributed by atoms with E-state index in [1.165, 1.54) is 18.5 Å². The van der Waals surface area contributed by atoms with Crippen molar-refractivity contribution < 1.29 is 8.78 Å². The van der Waals surface area contributed by atoms with Gasteiger partial charge in [-0.25, -0.2) is 18.7 Å². The number of aromatic nitrogens is 2. The maximum atomic E-state index is 13.1. The summed E-state index contributed by atoms with van der Waals surface area (Å²) in [4.78, 5) is 8.36. The molecule has 1 aromatic carbocycles. The number of hydrogen-bond acceptors (Lipinski definition) is 4. The zero-order valence-electron chi connectivity index (χ0n) is 12.1. The average Bonchev–Trinajstić information content (AvgIpc) is 2.48. The molecule has 0 aliphatic heterocycles. The van der Waals surface area contributed by atoms with Crippen LogP contribution in [0.25, 0.3) is 0 Å². The summed E-state index contributed by atoms with van der Waals surface area (Å²) in [7, 11) is 0. The summed E-state index contributed by atoms with van der Waals surface area (Å²) in [5.41, 5.74) is 1.54. The molecule has 2 aromatic rings. The molecule has 0 radical (unpaired) electrons. The summed E-state index contributed by atoms with van der Waals surface area (Å²) in [5, 5.41) is 6.33. The third-order valence-corrected chi connectivity index (χ3v) is 3.07. The lowest BCUT2D eigenvalue weighted by atomic mass is 10.2. The lowest BCUT2D eigenvalue weighted by Gasteiger charge is -2.12. The minimum Gasteiger partial charge on any atom is -0.370 e. The summed E-state index contributed by atoms with van der Waals surface area (Å²) in [6.07, 6.45) is 2.47. The molecule has 2 rings (SSSR count). The largest absolute Gasteiger partial charge is 0.370 e. The van der Waals surface area contributed by atoms with Gasteiger partial charge < -0.3 is 10.6 Å². The second kappa shape index (κ2) is 6.97. The van der Waals surface area contributed by atoms with Gasteiger partial charge in [-0.15, -0.1) is 0 Å². The molecule has 0 aliphatic carbocycles. The summed E-state index contributed by atoms with van der Waals surface area (Å²) in [5.74, 6) is -0.241. The van der Waals surface area contributed by atoms with Crippen LogP contribution in [0, 0.1) is 18.6 Å². The van der Waals surface area contributed by atoms with Gasteiger partial charge in [-0.05, 0) is 31.0 Å². The number of nitrogens with one attached hydrogen (secondary N) is 2. The van der Waals surface area contributed by atoms with Gasteiger partial charge in [0, 0.05) is 18.7 Å². The number of anilines is 2. The molecule has 0 atom stereocenters. The van der Waals surface area contributed by atoms with Crippen LogP contribution in [-0.4, -0.2) is 16.5 Å². The highest BCUT2D eigenvalue weighted by molar-refractivity contribution is 5.56. The van der Waals surface area contributed by atoms with Crippen LogP contribution in [0.2, 0.25) is 0 Å². The van der Waals surface area contributed by atoms with Crippen molar-refractivity contribution in [2.45, 2.75) is 26.8 Å². The molecule has 1 aromatic heterocycles. The van der Waals surface area contributed by atoms with E-state index in [1.54, 1.807) is 0 Å². The third-order valence-electron chi connectivity index (χ3n) is 3.07. The third kappa shape index (κ3) is 3.87. The maximum absolute atomic E-state index is 13.1. The molecule has 0 aliphatic rings. The molecule has 0 saturated carbocycles. The highest BCUT2D eigenvalue weighted by Crippen LogP contribution is 2.19. The van der Waals surface area contributed by atoms with E-state index >= 15 is 0 Å². The lowest BCUT2D eigenvalue weighted by Crippen LogP contribution is -2.09. The molecular weight excluding hydrogens is 274 g/mol. The van der Waals surface area contributed by atoms with Gasteiger partial charge in [0.05, 0.1) is 0 Å². The Morgan fingerprint density at radius 2 is 1.76 bits per heavy atom. The summed E-state index contributed by atoms with van der Waals surface area (Å²) in [6.45, 7) is 5.18. The second-order valence-electron chi connectivity index (χ2n) is 4.72. The van der Waals surface area contributed by atoms with E-state index < -0.39 is 11.6 Å². The van der Waals surface area contributed by atoms with E-state index in [0.717, 1.165) is 30.4 Å². The van der Waals surface area contributed by atoms with E-state index in [1.807, 2.05) is 6.92 Å². The molecule has 6 heteroatoms. The van der Waals surface area contributed by atoms with Gasteiger partial charge in [0.25, 0.3) is 0 Å². The van der Waals surface area contributed by atoms with Crippen LogP contribution in [-0.2, 0) is 6.54 Å². The monoisotopic (exact) mass is 292 g/mol. The topological polar surface area (TPSA) is 49.8 Å². The first kappa shape index (κ1) is 15.2. The highest BCUT2D eigenvalue weighted by atomic mass is 19.2. The van der Waals surface area contributed by atoms with E-state index in [-0.39, 0.29) is 0 Å².